The summed E-state index contributed by atoms with van der Waals surface area (Å²) in [4.78, 5) is 0. The molecule has 0 bridgehead atoms. The van der Waals surface area contributed by atoms with Crippen LogP contribution in [0.25, 0.3) is 0 Å². The molecule has 5 heteroatoms. The predicted molar refractivity (Wildman–Crippen MR) is 74.8 cm³/mol. The highest BCUT2D eigenvalue weighted by Crippen LogP contribution is 2.28. The molecule has 1 aromatic rings. The highest BCUT2D eigenvalue weighted by Gasteiger charge is 2.17. The van der Waals surface area contributed by atoms with E-state index < -0.39 is 6.10 Å². The largest absolute Gasteiger partial charge is 0.491 e. The Kier molecular flexibility index (Phi) is 5.45. The van der Waals surface area contributed by atoms with Gasteiger partial charge in [-0.1, -0.05) is 17.7 Å². The van der Waals surface area contributed by atoms with Crippen LogP contribution >= 0.6 is 11.6 Å². The molecule has 1 saturated heterocycles. The molecule has 1 aliphatic heterocycles. The van der Waals surface area contributed by atoms with Crippen LogP contribution in [0.15, 0.2) is 18.2 Å². The Bertz CT molecular complexity index is 404. The smallest absolute Gasteiger partial charge is 0.120 e. The van der Waals surface area contributed by atoms with Gasteiger partial charge in [-0.3, -0.25) is 0 Å². The van der Waals surface area contributed by atoms with E-state index in [1.165, 1.54) is 0 Å². The molecule has 1 aliphatic rings. The van der Waals surface area contributed by atoms with Crippen LogP contribution in [0, 0.1) is 0 Å². The summed E-state index contributed by atoms with van der Waals surface area (Å²) in [7, 11) is 0. The highest BCUT2D eigenvalue weighted by atomic mass is 35.5. The standard InChI is InChI=1S/C14H20ClNO3/c1-10(17)8-19-11-3-4-12(13(15)7-11)14-9-18-6-2-5-16-14/h3-4,7,10,14,16-17H,2,5-6,8-9H2,1H3/t10-,14+/m1/s1. The maximum Gasteiger partial charge on any atom is 0.120 e. The molecule has 1 heterocycles. The van der Waals surface area contributed by atoms with E-state index in [1.54, 1.807) is 13.0 Å². The SMILES string of the molecule is C[C@@H](O)COc1ccc([C@@H]2COCCCN2)c(Cl)c1. The van der Waals surface area contributed by atoms with Gasteiger partial charge in [-0.05, 0) is 37.6 Å². The van der Waals surface area contributed by atoms with Gasteiger partial charge in [0.15, 0.2) is 0 Å². The first-order chi connectivity index (χ1) is 9.16. The summed E-state index contributed by atoms with van der Waals surface area (Å²) in [5.74, 6) is 0.671. The zero-order valence-corrected chi connectivity index (χ0v) is 11.8. The van der Waals surface area contributed by atoms with E-state index in [9.17, 15) is 5.11 Å². The van der Waals surface area contributed by atoms with E-state index in [0.717, 1.165) is 25.1 Å². The molecule has 0 aromatic heterocycles. The fraction of sp³-hybridized carbons (Fsp3) is 0.571. The van der Waals surface area contributed by atoms with E-state index in [1.807, 2.05) is 12.1 Å². The van der Waals surface area contributed by atoms with Crippen LogP contribution in [0.5, 0.6) is 5.75 Å². The van der Waals surface area contributed by atoms with Gasteiger partial charge < -0.3 is 19.9 Å². The number of aliphatic hydroxyl groups is 1. The Labute approximate surface area is 118 Å². The molecule has 0 radical (unpaired) electrons. The minimum absolute atomic E-state index is 0.126. The van der Waals surface area contributed by atoms with E-state index in [4.69, 9.17) is 21.1 Å². The Morgan fingerprint density at radius 2 is 2.42 bits per heavy atom. The van der Waals surface area contributed by atoms with Gasteiger partial charge in [0.05, 0.1) is 18.8 Å². The lowest BCUT2D eigenvalue weighted by Crippen LogP contribution is -2.23. The summed E-state index contributed by atoms with van der Waals surface area (Å²) in [5, 5.41) is 13.3. The second-order valence-corrected chi connectivity index (χ2v) is 5.19. The molecule has 19 heavy (non-hydrogen) atoms. The van der Waals surface area contributed by atoms with Gasteiger partial charge in [-0.25, -0.2) is 0 Å². The molecule has 106 valence electrons. The second-order valence-electron chi connectivity index (χ2n) is 4.78. The van der Waals surface area contributed by atoms with Gasteiger partial charge in [0.1, 0.15) is 12.4 Å². The quantitative estimate of drug-likeness (QED) is 0.890. The minimum atomic E-state index is -0.490. The number of nitrogens with one attached hydrogen (secondary N) is 1. The van der Waals surface area contributed by atoms with E-state index in [-0.39, 0.29) is 12.6 Å². The lowest BCUT2D eigenvalue weighted by molar-refractivity contribution is 0.122. The molecular weight excluding hydrogens is 266 g/mol. The molecule has 0 amide bonds. The van der Waals surface area contributed by atoms with Gasteiger partial charge in [0, 0.05) is 11.6 Å². The predicted octanol–water partition coefficient (Wildman–Crippen LogP) is 2.15. The van der Waals surface area contributed by atoms with Crippen molar-refractivity contribution in [2.45, 2.75) is 25.5 Å². The van der Waals surface area contributed by atoms with Crippen LogP contribution in [0.4, 0.5) is 0 Å². The number of halogens is 1. The number of hydrogen-bond donors (Lipinski definition) is 2. The molecule has 0 spiro atoms. The van der Waals surface area contributed by atoms with Crippen molar-refractivity contribution in [2.75, 3.05) is 26.4 Å². The maximum atomic E-state index is 9.19. The Hall–Kier alpha value is -0.810. The molecule has 2 atom stereocenters. The summed E-state index contributed by atoms with van der Waals surface area (Å²) in [6, 6.07) is 5.73. The number of aliphatic hydroxyl groups excluding tert-OH is 1. The van der Waals surface area contributed by atoms with Gasteiger partial charge in [0.2, 0.25) is 0 Å². The molecule has 1 aromatic carbocycles. The molecule has 0 unspecified atom stereocenters. The first kappa shape index (κ1) is 14.6. The molecular formula is C14H20ClNO3. The fourth-order valence-corrected chi connectivity index (χ4v) is 2.31. The van der Waals surface area contributed by atoms with Crippen molar-refractivity contribution in [1.82, 2.24) is 5.32 Å². The molecule has 2 rings (SSSR count). The van der Waals surface area contributed by atoms with Crippen LogP contribution < -0.4 is 10.1 Å². The molecule has 0 saturated carbocycles. The third-order valence-corrected chi connectivity index (χ3v) is 3.31. The van der Waals surface area contributed by atoms with E-state index >= 15 is 0 Å². The van der Waals surface area contributed by atoms with Gasteiger partial charge in [0.25, 0.3) is 0 Å². The first-order valence-electron chi connectivity index (χ1n) is 6.58. The maximum absolute atomic E-state index is 9.19. The topological polar surface area (TPSA) is 50.7 Å². The monoisotopic (exact) mass is 285 g/mol. The van der Waals surface area contributed by atoms with Crippen molar-refractivity contribution < 1.29 is 14.6 Å². The summed E-state index contributed by atoms with van der Waals surface area (Å²) in [6.45, 7) is 4.30. The lowest BCUT2D eigenvalue weighted by Gasteiger charge is -2.18. The zero-order chi connectivity index (χ0) is 13.7. The second kappa shape index (κ2) is 7.10. The molecule has 1 fully saturated rings. The number of benzene rings is 1. The van der Waals surface area contributed by atoms with Gasteiger partial charge >= 0.3 is 0 Å². The molecule has 4 nitrogen and oxygen atoms in total. The van der Waals surface area contributed by atoms with Crippen LogP contribution in [0.2, 0.25) is 5.02 Å². The average molecular weight is 286 g/mol. The summed E-state index contributed by atoms with van der Waals surface area (Å²) in [6.07, 6.45) is 0.527. The summed E-state index contributed by atoms with van der Waals surface area (Å²) < 4.78 is 11.0. The van der Waals surface area contributed by atoms with Crippen molar-refractivity contribution in [3.63, 3.8) is 0 Å². The lowest BCUT2D eigenvalue weighted by atomic mass is 10.1. The molecule has 0 aliphatic carbocycles. The first-order valence-corrected chi connectivity index (χ1v) is 6.96. The number of rotatable bonds is 4. The Morgan fingerprint density at radius 3 is 3.16 bits per heavy atom. The minimum Gasteiger partial charge on any atom is -0.491 e. The summed E-state index contributed by atoms with van der Waals surface area (Å²) in [5.41, 5.74) is 1.02. The van der Waals surface area contributed by atoms with Crippen LogP contribution in [-0.2, 0) is 4.74 Å². The van der Waals surface area contributed by atoms with Crippen molar-refractivity contribution in [1.29, 1.82) is 0 Å². The normalized spacial score (nSPS) is 21.7. The average Bonchev–Trinajstić information content (AvgIpc) is 2.65. The van der Waals surface area contributed by atoms with Crippen molar-refractivity contribution in [3.05, 3.63) is 28.8 Å². The van der Waals surface area contributed by atoms with E-state index in [0.29, 0.717) is 17.4 Å². The third-order valence-electron chi connectivity index (χ3n) is 2.98. The zero-order valence-electron chi connectivity index (χ0n) is 11.1. The van der Waals surface area contributed by atoms with Gasteiger partial charge in [-0.15, -0.1) is 0 Å². The fourth-order valence-electron chi connectivity index (χ4n) is 2.01. The van der Waals surface area contributed by atoms with Crippen molar-refractivity contribution in [3.8, 4) is 5.75 Å². The third kappa shape index (κ3) is 4.35. The van der Waals surface area contributed by atoms with Gasteiger partial charge in [-0.2, -0.15) is 0 Å². The van der Waals surface area contributed by atoms with Crippen molar-refractivity contribution >= 4 is 11.6 Å². The van der Waals surface area contributed by atoms with Crippen LogP contribution in [0.1, 0.15) is 24.9 Å². The highest BCUT2D eigenvalue weighted by molar-refractivity contribution is 6.31. The molecule has 2 N–H and O–H groups in total. The van der Waals surface area contributed by atoms with Crippen LogP contribution in [-0.4, -0.2) is 37.6 Å². The number of hydrogen-bond acceptors (Lipinski definition) is 4. The van der Waals surface area contributed by atoms with Crippen molar-refractivity contribution in [2.24, 2.45) is 0 Å². The van der Waals surface area contributed by atoms with E-state index in [2.05, 4.69) is 5.32 Å². The number of ether oxygens (including phenoxy) is 2. The summed E-state index contributed by atoms with van der Waals surface area (Å²) >= 11 is 6.29. The Morgan fingerprint density at radius 1 is 1.58 bits per heavy atom. The van der Waals surface area contributed by atoms with Crippen LogP contribution in [0.3, 0.4) is 0 Å². The Balaban J connectivity index is 2.05.